The van der Waals surface area contributed by atoms with Crippen molar-refractivity contribution in [2.75, 3.05) is 13.2 Å². The van der Waals surface area contributed by atoms with Gasteiger partial charge in [-0.3, -0.25) is 4.79 Å². The molecule has 2 aliphatic rings. The monoisotopic (exact) mass is 198 g/mol. The summed E-state index contributed by atoms with van der Waals surface area (Å²) in [7, 11) is 0. The zero-order chi connectivity index (χ0) is 10.2. The van der Waals surface area contributed by atoms with E-state index in [1.54, 1.807) is 0 Å². The Morgan fingerprint density at radius 3 is 2.21 bits per heavy atom. The van der Waals surface area contributed by atoms with Crippen LogP contribution < -0.4 is 0 Å². The standard InChI is InChI=1S/C11H18O3/c1-2-10(7-14-8-10)11(9(12)13)5-3-4-6-11/h2-8H2,1H3,(H,12,13). The van der Waals surface area contributed by atoms with E-state index >= 15 is 0 Å². The van der Waals surface area contributed by atoms with Crippen LogP contribution in [0.2, 0.25) is 0 Å². The molecule has 3 nitrogen and oxygen atoms in total. The van der Waals surface area contributed by atoms with Gasteiger partial charge in [0.05, 0.1) is 18.6 Å². The van der Waals surface area contributed by atoms with Crippen molar-refractivity contribution in [1.29, 1.82) is 0 Å². The maximum absolute atomic E-state index is 11.5. The van der Waals surface area contributed by atoms with Crippen molar-refractivity contribution in [3.05, 3.63) is 0 Å². The molecule has 1 heterocycles. The van der Waals surface area contributed by atoms with Crippen LogP contribution in [0.15, 0.2) is 0 Å². The third-order valence-corrected chi connectivity index (χ3v) is 4.32. The molecule has 0 radical (unpaired) electrons. The van der Waals surface area contributed by atoms with Gasteiger partial charge in [-0.05, 0) is 19.3 Å². The Bertz CT molecular complexity index is 231. The first-order chi connectivity index (χ1) is 6.67. The smallest absolute Gasteiger partial charge is 0.310 e. The van der Waals surface area contributed by atoms with Crippen LogP contribution in [0.5, 0.6) is 0 Å². The number of rotatable bonds is 3. The van der Waals surface area contributed by atoms with E-state index in [1.165, 1.54) is 0 Å². The van der Waals surface area contributed by atoms with Gasteiger partial charge in [0.2, 0.25) is 0 Å². The van der Waals surface area contributed by atoms with Crippen LogP contribution in [0.3, 0.4) is 0 Å². The zero-order valence-electron chi connectivity index (χ0n) is 8.71. The lowest BCUT2D eigenvalue weighted by Crippen LogP contribution is -2.57. The minimum Gasteiger partial charge on any atom is -0.481 e. The second kappa shape index (κ2) is 3.23. The molecule has 0 unspecified atom stereocenters. The number of hydrogen-bond acceptors (Lipinski definition) is 2. The number of carbonyl (C=O) groups is 1. The van der Waals surface area contributed by atoms with E-state index < -0.39 is 11.4 Å². The van der Waals surface area contributed by atoms with Gasteiger partial charge in [-0.15, -0.1) is 0 Å². The molecule has 3 heteroatoms. The number of carboxylic acid groups (broad SMARTS) is 1. The summed E-state index contributed by atoms with van der Waals surface area (Å²) in [4.78, 5) is 11.5. The van der Waals surface area contributed by atoms with E-state index in [4.69, 9.17) is 4.74 Å². The molecule has 14 heavy (non-hydrogen) atoms. The summed E-state index contributed by atoms with van der Waals surface area (Å²) >= 11 is 0. The molecule has 80 valence electrons. The van der Waals surface area contributed by atoms with Gasteiger partial charge < -0.3 is 9.84 Å². The van der Waals surface area contributed by atoms with Crippen molar-refractivity contribution in [3.8, 4) is 0 Å². The van der Waals surface area contributed by atoms with Crippen LogP contribution >= 0.6 is 0 Å². The van der Waals surface area contributed by atoms with Gasteiger partial charge in [0.1, 0.15) is 0 Å². The largest absolute Gasteiger partial charge is 0.481 e. The van der Waals surface area contributed by atoms with Crippen LogP contribution in [-0.2, 0) is 9.53 Å². The molecule has 2 rings (SSSR count). The minimum absolute atomic E-state index is 0.0602. The summed E-state index contributed by atoms with van der Waals surface area (Å²) in [6.07, 6.45) is 4.75. The fraction of sp³-hybridized carbons (Fsp3) is 0.909. The zero-order valence-corrected chi connectivity index (χ0v) is 8.71. The molecule has 0 amide bonds. The number of hydrogen-bond donors (Lipinski definition) is 1. The SMILES string of the molecule is CCC1(C2(C(=O)O)CCCC2)COC1. The second-order valence-electron chi connectivity index (χ2n) is 4.72. The fourth-order valence-electron chi connectivity index (χ4n) is 3.12. The Balaban J connectivity index is 2.29. The van der Waals surface area contributed by atoms with E-state index in [-0.39, 0.29) is 5.41 Å². The van der Waals surface area contributed by atoms with E-state index in [0.29, 0.717) is 13.2 Å². The predicted octanol–water partition coefficient (Wildman–Crippen LogP) is 2.06. The van der Waals surface area contributed by atoms with Crippen molar-refractivity contribution in [2.45, 2.75) is 39.0 Å². The lowest BCUT2D eigenvalue weighted by molar-refractivity contribution is -0.204. The van der Waals surface area contributed by atoms with E-state index in [0.717, 1.165) is 32.1 Å². The Morgan fingerprint density at radius 2 is 1.93 bits per heavy atom. The maximum Gasteiger partial charge on any atom is 0.310 e. The van der Waals surface area contributed by atoms with Crippen molar-refractivity contribution in [3.63, 3.8) is 0 Å². The summed E-state index contributed by atoms with van der Waals surface area (Å²) in [6.45, 7) is 3.39. The Kier molecular flexibility index (Phi) is 2.30. The topological polar surface area (TPSA) is 46.5 Å². The summed E-state index contributed by atoms with van der Waals surface area (Å²) in [5.41, 5.74) is -0.532. The molecule has 0 aromatic heterocycles. The maximum atomic E-state index is 11.5. The minimum atomic E-state index is -0.597. The molecule has 0 spiro atoms. The molecular weight excluding hydrogens is 180 g/mol. The van der Waals surface area contributed by atoms with Gasteiger partial charge in [-0.1, -0.05) is 19.8 Å². The summed E-state index contributed by atoms with van der Waals surface area (Å²) in [6, 6.07) is 0. The summed E-state index contributed by atoms with van der Waals surface area (Å²) in [5, 5.41) is 9.44. The molecule has 0 aromatic rings. The molecule has 0 bridgehead atoms. The van der Waals surface area contributed by atoms with Gasteiger partial charge >= 0.3 is 5.97 Å². The molecule has 0 aromatic carbocycles. The molecule has 1 saturated carbocycles. The molecule has 1 N–H and O–H groups in total. The average molecular weight is 198 g/mol. The van der Waals surface area contributed by atoms with Crippen molar-refractivity contribution >= 4 is 5.97 Å². The normalized spacial score (nSPS) is 28.4. The number of aliphatic carboxylic acids is 1. The van der Waals surface area contributed by atoms with Crippen LogP contribution in [0.1, 0.15) is 39.0 Å². The van der Waals surface area contributed by atoms with E-state index in [2.05, 4.69) is 6.92 Å². The second-order valence-corrected chi connectivity index (χ2v) is 4.72. The highest BCUT2D eigenvalue weighted by Gasteiger charge is 2.60. The average Bonchev–Trinajstić information content (AvgIpc) is 2.53. The van der Waals surface area contributed by atoms with E-state index in [1.807, 2.05) is 0 Å². The molecule has 1 aliphatic heterocycles. The van der Waals surface area contributed by atoms with Crippen LogP contribution in [0.4, 0.5) is 0 Å². The molecule has 1 saturated heterocycles. The highest BCUT2D eigenvalue weighted by molar-refractivity contribution is 5.76. The third kappa shape index (κ3) is 1.05. The highest BCUT2D eigenvalue weighted by atomic mass is 16.5. The first-order valence-electron chi connectivity index (χ1n) is 5.48. The fourth-order valence-corrected chi connectivity index (χ4v) is 3.12. The van der Waals surface area contributed by atoms with Crippen molar-refractivity contribution in [1.82, 2.24) is 0 Å². The van der Waals surface area contributed by atoms with Gasteiger partial charge in [0.25, 0.3) is 0 Å². The number of carboxylic acids is 1. The van der Waals surface area contributed by atoms with Gasteiger partial charge in [0, 0.05) is 5.41 Å². The van der Waals surface area contributed by atoms with Gasteiger partial charge in [-0.2, -0.15) is 0 Å². The summed E-state index contributed by atoms with van der Waals surface area (Å²) < 4.78 is 5.25. The molecule has 2 fully saturated rings. The van der Waals surface area contributed by atoms with Crippen LogP contribution in [0, 0.1) is 10.8 Å². The van der Waals surface area contributed by atoms with Crippen molar-refractivity contribution in [2.24, 2.45) is 10.8 Å². The quantitative estimate of drug-likeness (QED) is 0.755. The van der Waals surface area contributed by atoms with Gasteiger partial charge in [-0.25, -0.2) is 0 Å². The first kappa shape index (κ1) is 9.97. The molecule has 1 aliphatic carbocycles. The lowest BCUT2D eigenvalue weighted by Gasteiger charge is -2.51. The van der Waals surface area contributed by atoms with Crippen LogP contribution in [0.25, 0.3) is 0 Å². The third-order valence-electron chi connectivity index (χ3n) is 4.32. The van der Waals surface area contributed by atoms with E-state index in [9.17, 15) is 9.90 Å². The number of ether oxygens (including phenoxy) is 1. The Labute approximate surface area is 84.4 Å². The lowest BCUT2D eigenvalue weighted by atomic mass is 9.59. The summed E-state index contributed by atoms with van der Waals surface area (Å²) in [5.74, 6) is -0.597. The van der Waals surface area contributed by atoms with Gasteiger partial charge in [0.15, 0.2) is 0 Å². The molecular formula is C11H18O3. The van der Waals surface area contributed by atoms with Crippen molar-refractivity contribution < 1.29 is 14.6 Å². The first-order valence-corrected chi connectivity index (χ1v) is 5.48. The highest BCUT2D eigenvalue weighted by Crippen LogP contribution is 2.56. The Hall–Kier alpha value is -0.570. The Morgan fingerprint density at radius 1 is 1.36 bits per heavy atom. The molecule has 0 atom stereocenters. The predicted molar refractivity (Wildman–Crippen MR) is 52.1 cm³/mol. The van der Waals surface area contributed by atoms with Crippen LogP contribution in [-0.4, -0.2) is 24.3 Å².